The zero-order chi connectivity index (χ0) is 10.4. The van der Waals surface area contributed by atoms with E-state index >= 15 is 0 Å². The fourth-order valence-corrected chi connectivity index (χ4v) is 1.51. The van der Waals surface area contributed by atoms with E-state index in [1.54, 1.807) is 0 Å². The molecule has 0 aromatic carbocycles. The van der Waals surface area contributed by atoms with E-state index in [0.29, 0.717) is 0 Å². The number of amides is 2. The molecule has 0 radical (unpaired) electrons. The van der Waals surface area contributed by atoms with E-state index in [0.717, 1.165) is 25.7 Å². The van der Waals surface area contributed by atoms with Gasteiger partial charge in [0.25, 0.3) is 0 Å². The van der Waals surface area contributed by atoms with Crippen LogP contribution in [0.25, 0.3) is 0 Å². The molecule has 0 aliphatic heterocycles. The highest BCUT2D eigenvalue weighted by Crippen LogP contribution is 2.19. The monoisotopic (exact) mass is 220 g/mol. The fraction of sp³-hybridized carbons (Fsp3) is 0.750. The van der Waals surface area contributed by atoms with Crippen LogP contribution in [0, 0.1) is 0 Å². The van der Waals surface area contributed by atoms with Crippen LogP contribution in [0.5, 0.6) is 0 Å². The van der Waals surface area contributed by atoms with Crippen LogP contribution in [0.15, 0.2) is 0 Å². The van der Waals surface area contributed by atoms with Crippen LogP contribution < -0.4 is 10.9 Å². The summed E-state index contributed by atoms with van der Waals surface area (Å²) < 4.78 is 5.02. The quantitative estimate of drug-likeness (QED) is 0.403. The van der Waals surface area contributed by atoms with Gasteiger partial charge in [-0.1, -0.05) is 6.42 Å². The first-order valence-electron chi connectivity index (χ1n) is 4.60. The van der Waals surface area contributed by atoms with E-state index in [-0.39, 0.29) is 6.10 Å². The molecule has 1 fully saturated rings. The normalized spacial score (nSPS) is 17.2. The molecule has 1 aliphatic rings. The third-order valence-electron chi connectivity index (χ3n) is 2.09. The number of rotatable bonds is 1. The summed E-state index contributed by atoms with van der Waals surface area (Å²) in [7, 11) is 0. The highest BCUT2D eigenvalue weighted by molar-refractivity contribution is 6.62. The molecule has 0 aromatic heterocycles. The van der Waals surface area contributed by atoms with Gasteiger partial charge in [0, 0.05) is 0 Å². The summed E-state index contributed by atoms with van der Waals surface area (Å²) in [6, 6.07) is 0. The van der Waals surface area contributed by atoms with Crippen molar-refractivity contribution in [2.75, 3.05) is 0 Å². The molecule has 1 rings (SSSR count). The molecule has 14 heavy (non-hydrogen) atoms. The zero-order valence-corrected chi connectivity index (χ0v) is 8.47. The first-order chi connectivity index (χ1) is 6.68. The van der Waals surface area contributed by atoms with Gasteiger partial charge >= 0.3 is 11.5 Å². The van der Waals surface area contributed by atoms with Crippen LogP contribution in [0.1, 0.15) is 32.1 Å². The Morgan fingerprint density at radius 1 is 1.14 bits per heavy atom. The van der Waals surface area contributed by atoms with Crippen molar-refractivity contribution >= 4 is 23.1 Å². The second-order valence-corrected chi connectivity index (χ2v) is 3.53. The van der Waals surface area contributed by atoms with Gasteiger partial charge in [-0.05, 0) is 37.3 Å². The van der Waals surface area contributed by atoms with Crippen molar-refractivity contribution in [3.63, 3.8) is 0 Å². The van der Waals surface area contributed by atoms with Crippen LogP contribution in [-0.2, 0) is 4.74 Å². The third kappa shape index (κ3) is 4.32. The minimum Gasteiger partial charge on any atom is -0.445 e. The van der Waals surface area contributed by atoms with Crippen LogP contribution in [0.4, 0.5) is 9.59 Å². The molecule has 2 amide bonds. The standard InChI is InChI=1S/C8H13ClN2O3/c9-7(12)10-11-8(13)14-6-4-2-1-3-5-6/h6H,1-5H2,(H,10,12)(H,11,13). The average molecular weight is 221 g/mol. The molecule has 5 nitrogen and oxygen atoms in total. The Balaban J connectivity index is 2.15. The number of halogens is 1. The highest BCUT2D eigenvalue weighted by Gasteiger charge is 2.17. The van der Waals surface area contributed by atoms with Crippen molar-refractivity contribution in [3.05, 3.63) is 0 Å². The highest BCUT2D eigenvalue weighted by atomic mass is 35.5. The lowest BCUT2D eigenvalue weighted by Crippen LogP contribution is -2.41. The molecule has 0 bridgehead atoms. The second kappa shape index (κ2) is 5.70. The van der Waals surface area contributed by atoms with Crippen molar-refractivity contribution in [1.82, 2.24) is 10.9 Å². The molecule has 0 saturated heterocycles. The summed E-state index contributed by atoms with van der Waals surface area (Å²) in [5.74, 6) is 0. The first kappa shape index (κ1) is 11.1. The van der Waals surface area contributed by atoms with Crippen molar-refractivity contribution in [2.24, 2.45) is 0 Å². The van der Waals surface area contributed by atoms with E-state index in [2.05, 4.69) is 0 Å². The summed E-state index contributed by atoms with van der Waals surface area (Å²) >= 11 is 4.94. The Morgan fingerprint density at radius 3 is 2.36 bits per heavy atom. The van der Waals surface area contributed by atoms with E-state index in [1.807, 2.05) is 10.9 Å². The number of nitrogens with one attached hydrogen (secondary N) is 2. The van der Waals surface area contributed by atoms with Crippen molar-refractivity contribution in [2.45, 2.75) is 38.2 Å². The van der Waals surface area contributed by atoms with E-state index in [9.17, 15) is 9.59 Å². The molecule has 6 heteroatoms. The van der Waals surface area contributed by atoms with Gasteiger partial charge in [-0.15, -0.1) is 0 Å². The average Bonchev–Trinajstić information content (AvgIpc) is 2.16. The Kier molecular flexibility index (Phi) is 4.52. The molecule has 0 aromatic rings. The van der Waals surface area contributed by atoms with Gasteiger partial charge in [-0.2, -0.15) is 0 Å². The van der Waals surface area contributed by atoms with Gasteiger partial charge in [-0.3, -0.25) is 10.2 Å². The summed E-state index contributed by atoms with van der Waals surface area (Å²) in [6.07, 6.45) is 4.45. The number of carbonyl (C=O) groups excluding carboxylic acids is 2. The lowest BCUT2D eigenvalue weighted by Gasteiger charge is -2.21. The predicted octanol–water partition coefficient (Wildman–Crippen LogP) is 1.91. The van der Waals surface area contributed by atoms with Gasteiger partial charge < -0.3 is 4.74 Å². The molecule has 0 atom stereocenters. The number of hydrogen-bond donors (Lipinski definition) is 2. The first-order valence-corrected chi connectivity index (χ1v) is 4.98. The molecule has 2 N–H and O–H groups in total. The minimum atomic E-state index is -0.842. The Hall–Kier alpha value is -0.970. The maximum atomic E-state index is 11.0. The lowest BCUT2D eigenvalue weighted by atomic mass is 9.98. The van der Waals surface area contributed by atoms with Gasteiger partial charge in [-0.25, -0.2) is 10.2 Å². The summed E-state index contributed by atoms with van der Waals surface area (Å²) in [5.41, 5.74) is 3.97. The van der Waals surface area contributed by atoms with E-state index in [1.165, 1.54) is 6.42 Å². The maximum absolute atomic E-state index is 11.0. The maximum Gasteiger partial charge on any atom is 0.426 e. The van der Waals surface area contributed by atoms with Crippen molar-refractivity contribution in [3.8, 4) is 0 Å². The number of ether oxygens (including phenoxy) is 1. The summed E-state index contributed by atoms with van der Waals surface area (Å²) in [6.45, 7) is 0. The number of hydrazine groups is 1. The summed E-state index contributed by atoms with van der Waals surface area (Å²) in [5, 5.41) is -0.842. The van der Waals surface area contributed by atoms with Crippen LogP contribution in [0.2, 0.25) is 0 Å². The SMILES string of the molecule is O=C(Cl)NNC(=O)OC1CCCCC1. The molecule has 80 valence electrons. The molecule has 0 unspecified atom stereocenters. The fourth-order valence-electron chi connectivity index (χ4n) is 1.46. The smallest absolute Gasteiger partial charge is 0.426 e. The van der Waals surface area contributed by atoms with Gasteiger partial charge in [0.15, 0.2) is 0 Å². The molecule has 0 spiro atoms. The number of hydrogen-bond acceptors (Lipinski definition) is 3. The zero-order valence-electron chi connectivity index (χ0n) is 7.72. The lowest BCUT2D eigenvalue weighted by molar-refractivity contribution is 0.0733. The van der Waals surface area contributed by atoms with Crippen molar-refractivity contribution < 1.29 is 14.3 Å². The third-order valence-corrected chi connectivity index (χ3v) is 2.18. The summed E-state index contributed by atoms with van der Waals surface area (Å²) in [4.78, 5) is 21.2. The van der Waals surface area contributed by atoms with Crippen LogP contribution >= 0.6 is 11.6 Å². The number of carbonyl (C=O) groups is 2. The largest absolute Gasteiger partial charge is 0.445 e. The Morgan fingerprint density at radius 2 is 1.79 bits per heavy atom. The molecule has 1 saturated carbocycles. The Labute approximate surface area is 87.1 Å². The molecular weight excluding hydrogens is 208 g/mol. The van der Waals surface area contributed by atoms with Gasteiger partial charge in [0.05, 0.1) is 0 Å². The molecular formula is C8H13ClN2O3. The van der Waals surface area contributed by atoms with Crippen LogP contribution in [0.3, 0.4) is 0 Å². The van der Waals surface area contributed by atoms with Crippen molar-refractivity contribution in [1.29, 1.82) is 0 Å². The second-order valence-electron chi connectivity index (χ2n) is 3.19. The predicted molar refractivity (Wildman–Crippen MR) is 50.9 cm³/mol. The van der Waals surface area contributed by atoms with E-state index < -0.39 is 11.5 Å². The van der Waals surface area contributed by atoms with Gasteiger partial charge in [0.1, 0.15) is 6.10 Å². The Bertz CT molecular complexity index is 217. The minimum absolute atomic E-state index is 0.0315. The molecule has 0 heterocycles. The van der Waals surface area contributed by atoms with Gasteiger partial charge in [0.2, 0.25) is 0 Å². The topological polar surface area (TPSA) is 67.4 Å². The molecule has 1 aliphatic carbocycles. The van der Waals surface area contributed by atoms with E-state index in [4.69, 9.17) is 16.3 Å². The van der Waals surface area contributed by atoms with Crippen LogP contribution in [-0.4, -0.2) is 17.6 Å².